The lowest BCUT2D eigenvalue weighted by molar-refractivity contribution is 0.819. The van der Waals surface area contributed by atoms with Crippen molar-refractivity contribution in [2.24, 2.45) is 0 Å². The SMILES string of the molecule is CNCc1sc2nccn2c1C. The van der Waals surface area contributed by atoms with Gasteiger partial charge in [-0.1, -0.05) is 11.3 Å². The smallest absolute Gasteiger partial charge is 0.194 e. The average molecular weight is 181 g/mol. The summed E-state index contributed by atoms with van der Waals surface area (Å²) in [6, 6.07) is 0. The van der Waals surface area contributed by atoms with E-state index in [1.54, 1.807) is 11.3 Å². The third kappa shape index (κ3) is 1.04. The van der Waals surface area contributed by atoms with Gasteiger partial charge in [0.2, 0.25) is 0 Å². The number of fused-ring (bicyclic) bond motifs is 1. The van der Waals surface area contributed by atoms with Crippen molar-refractivity contribution < 1.29 is 0 Å². The van der Waals surface area contributed by atoms with Crippen LogP contribution in [0.1, 0.15) is 10.6 Å². The molecule has 0 aliphatic carbocycles. The molecule has 2 heterocycles. The monoisotopic (exact) mass is 181 g/mol. The standard InChI is InChI=1S/C8H11N3S/c1-6-7(5-9-2)12-8-10-3-4-11(6)8/h3-4,9H,5H2,1-2H3. The Labute approximate surface area is 75.1 Å². The van der Waals surface area contributed by atoms with E-state index in [1.165, 1.54) is 10.6 Å². The zero-order valence-electron chi connectivity index (χ0n) is 7.16. The first kappa shape index (κ1) is 7.76. The zero-order valence-corrected chi connectivity index (χ0v) is 7.98. The summed E-state index contributed by atoms with van der Waals surface area (Å²) < 4.78 is 2.12. The van der Waals surface area contributed by atoms with Gasteiger partial charge in [0.1, 0.15) is 0 Å². The normalized spacial score (nSPS) is 11.2. The van der Waals surface area contributed by atoms with Gasteiger partial charge in [-0.15, -0.1) is 0 Å². The number of nitrogens with one attached hydrogen (secondary N) is 1. The summed E-state index contributed by atoms with van der Waals surface area (Å²) in [5.41, 5.74) is 1.29. The Bertz CT molecular complexity index is 388. The topological polar surface area (TPSA) is 29.3 Å². The number of hydrogen-bond acceptors (Lipinski definition) is 3. The Hall–Kier alpha value is -0.870. The molecule has 0 saturated carbocycles. The molecule has 64 valence electrons. The quantitative estimate of drug-likeness (QED) is 0.759. The van der Waals surface area contributed by atoms with Crippen LogP contribution in [0.2, 0.25) is 0 Å². The molecule has 1 N–H and O–H groups in total. The Balaban J connectivity index is 2.55. The molecule has 0 spiro atoms. The van der Waals surface area contributed by atoms with E-state index >= 15 is 0 Å². The predicted molar refractivity (Wildman–Crippen MR) is 50.6 cm³/mol. The first-order valence-corrected chi connectivity index (χ1v) is 4.70. The van der Waals surface area contributed by atoms with Gasteiger partial charge in [-0.05, 0) is 14.0 Å². The van der Waals surface area contributed by atoms with Gasteiger partial charge in [0.25, 0.3) is 0 Å². The Morgan fingerprint density at radius 3 is 3.17 bits per heavy atom. The molecule has 0 saturated heterocycles. The van der Waals surface area contributed by atoms with E-state index in [2.05, 4.69) is 21.6 Å². The first-order valence-electron chi connectivity index (χ1n) is 3.89. The zero-order chi connectivity index (χ0) is 8.55. The number of aromatic nitrogens is 2. The van der Waals surface area contributed by atoms with Gasteiger partial charge in [-0.2, -0.15) is 0 Å². The molecule has 4 heteroatoms. The van der Waals surface area contributed by atoms with Gasteiger partial charge in [0.05, 0.1) is 0 Å². The average Bonchev–Trinajstić information content (AvgIpc) is 2.58. The van der Waals surface area contributed by atoms with Crippen molar-refractivity contribution in [1.29, 1.82) is 0 Å². The van der Waals surface area contributed by atoms with E-state index in [4.69, 9.17) is 0 Å². The van der Waals surface area contributed by atoms with Crippen molar-refractivity contribution in [3.63, 3.8) is 0 Å². The summed E-state index contributed by atoms with van der Waals surface area (Å²) in [6.45, 7) is 3.05. The summed E-state index contributed by atoms with van der Waals surface area (Å²) in [5.74, 6) is 0. The van der Waals surface area contributed by atoms with E-state index < -0.39 is 0 Å². The van der Waals surface area contributed by atoms with E-state index in [1.807, 2.05) is 19.4 Å². The van der Waals surface area contributed by atoms with Crippen LogP contribution in [0.4, 0.5) is 0 Å². The van der Waals surface area contributed by atoms with Crippen LogP contribution in [0.15, 0.2) is 12.4 Å². The highest BCUT2D eigenvalue weighted by atomic mass is 32.1. The summed E-state index contributed by atoms with van der Waals surface area (Å²) in [5, 5.41) is 3.14. The largest absolute Gasteiger partial charge is 0.315 e. The number of aryl methyl sites for hydroxylation is 1. The molecular weight excluding hydrogens is 170 g/mol. The Morgan fingerprint density at radius 1 is 1.67 bits per heavy atom. The van der Waals surface area contributed by atoms with Gasteiger partial charge in [0, 0.05) is 29.5 Å². The van der Waals surface area contributed by atoms with E-state index in [-0.39, 0.29) is 0 Å². The van der Waals surface area contributed by atoms with Crippen LogP contribution in [0, 0.1) is 6.92 Å². The second-order valence-corrected chi connectivity index (χ2v) is 3.78. The molecule has 0 aliphatic heterocycles. The van der Waals surface area contributed by atoms with Gasteiger partial charge in [0.15, 0.2) is 4.96 Å². The Kier molecular flexibility index (Phi) is 1.86. The third-order valence-electron chi connectivity index (χ3n) is 1.92. The van der Waals surface area contributed by atoms with Crippen molar-refractivity contribution in [2.45, 2.75) is 13.5 Å². The molecule has 2 aromatic heterocycles. The molecule has 0 unspecified atom stereocenters. The number of imidazole rings is 1. The molecule has 12 heavy (non-hydrogen) atoms. The van der Waals surface area contributed by atoms with Crippen molar-refractivity contribution in [3.8, 4) is 0 Å². The second kappa shape index (κ2) is 2.88. The maximum Gasteiger partial charge on any atom is 0.194 e. The van der Waals surface area contributed by atoms with Crippen LogP contribution in [-0.4, -0.2) is 16.4 Å². The minimum absolute atomic E-state index is 0.930. The number of hydrogen-bond donors (Lipinski definition) is 1. The molecule has 0 atom stereocenters. The third-order valence-corrected chi connectivity index (χ3v) is 3.09. The summed E-state index contributed by atoms with van der Waals surface area (Å²) in [6.07, 6.45) is 3.84. The number of nitrogens with zero attached hydrogens (tertiary/aromatic N) is 2. The van der Waals surface area contributed by atoms with Crippen molar-refractivity contribution in [1.82, 2.24) is 14.7 Å². The van der Waals surface area contributed by atoms with Crippen molar-refractivity contribution in [3.05, 3.63) is 23.0 Å². The molecule has 2 aromatic rings. The first-order chi connectivity index (χ1) is 5.83. The summed E-state index contributed by atoms with van der Waals surface area (Å²) in [7, 11) is 1.96. The highest BCUT2D eigenvalue weighted by Crippen LogP contribution is 2.20. The fraction of sp³-hybridized carbons (Fsp3) is 0.375. The van der Waals surface area contributed by atoms with Crippen LogP contribution in [0.3, 0.4) is 0 Å². The molecule has 0 aliphatic rings. The lowest BCUT2D eigenvalue weighted by atomic mass is 10.4. The minimum atomic E-state index is 0.930. The lowest BCUT2D eigenvalue weighted by Crippen LogP contribution is -2.04. The highest BCUT2D eigenvalue weighted by Gasteiger charge is 2.06. The van der Waals surface area contributed by atoms with Gasteiger partial charge >= 0.3 is 0 Å². The van der Waals surface area contributed by atoms with Crippen LogP contribution < -0.4 is 5.32 Å². The predicted octanol–water partition coefficient (Wildman–Crippen LogP) is 1.42. The van der Waals surface area contributed by atoms with E-state index in [9.17, 15) is 0 Å². The fourth-order valence-corrected chi connectivity index (χ4v) is 2.36. The molecule has 3 nitrogen and oxygen atoms in total. The van der Waals surface area contributed by atoms with E-state index in [0.717, 1.165) is 11.5 Å². The van der Waals surface area contributed by atoms with Crippen LogP contribution in [-0.2, 0) is 6.54 Å². The second-order valence-electron chi connectivity index (χ2n) is 2.72. The van der Waals surface area contributed by atoms with Crippen molar-refractivity contribution >= 4 is 16.3 Å². The fourth-order valence-electron chi connectivity index (χ4n) is 1.26. The maximum atomic E-state index is 4.24. The van der Waals surface area contributed by atoms with Crippen LogP contribution >= 0.6 is 11.3 Å². The molecule has 0 aromatic carbocycles. The van der Waals surface area contributed by atoms with Crippen LogP contribution in [0.5, 0.6) is 0 Å². The molecule has 0 amide bonds. The Morgan fingerprint density at radius 2 is 2.50 bits per heavy atom. The molecule has 0 bridgehead atoms. The van der Waals surface area contributed by atoms with Crippen molar-refractivity contribution in [2.75, 3.05) is 7.05 Å². The maximum absolute atomic E-state index is 4.24. The summed E-state index contributed by atoms with van der Waals surface area (Å²) in [4.78, 5) is 6.68. The van der Waals surface area contributed by atoms with Gasteiger partial charge in [-0.25, -0.2) is 4.98 Å². The molecule has 0 radical (unpaired) electrons. The van der Waals surface area contributed by atoms with E-state index in [0.29, 0.717) is 0 Å². The molecule has 0 fully saturated rings. The van der Waals surface area contributed by atoms with Gasteiger partial charge in [-0.3, -0.25) is 4.40 Å². The summed E-state index contributed by atoms with van der Waals surface area (Å²) >= 11 is 1.74. The molecular formula is C8H11N3S. The number of rotatable bonds is 2. The highest BCUT2D eigenvalue weighted by molar-refractivity contribution is 7.17. The minimum Gasteiger partial charge on any atom is -0.315 e. The number of thiazole rings is 1. The van der Waals surface area contributed by atoms with Gasteiger partial charge < -0.3 is 5.32 Å². The molecule has 2 rings (SSSR count). The lowest BCUT2D eigenvalue weighted by Gasteiger charge is -1.95. The van der Waals surface area contributed by atoms with Crippen LogP contribution in [0.25, 0.3) is 4.96 Å².